The van der Waals surface area contributed by atoms with Gasteiger partial charge in [-0.25, -0.2) is 9.78 Å². The number of hydrogen-bond acceptors (Lipinski definition) is 4. The van der Waals surface area contributed by atoms with Gasteiger partial charge in [0.2, 0.25) is 0 Å². The zero-order chi connectivity index (χ0) is 9.84. The molecule has 0 amide bonds. The highest BCUT2D eigenvalue weighted by molar-refractivity contribution is 6.30. The highest BCUT2D eigenvalue weighted by atomic mass is 35.5. The van der Waals surface area contributed by atoms with E-state index >= 15 is 0 Å². The van der Waals surface area contributed by atoms with Gasteiger partial charge in [0.25, 0.3) is 0 Å². The van der Waals surface area contributed by atoms with Crippen molar-refractivity contribution in [3.8, 4) is 0 Å². The van der Waals surface area contributed by atoms with Crippen LogP contribution in [0.2, 0.25) is 5.02 Å². The number of aromatic nitrogens is 2. The predicted molar refractivity (Wildman–Crippen MR) is 48.6 cm³/mol. The number of aliphatic hydroxyl groups is 1. The van der Waals surface area contributed by atoms with Gasteiger partial charge in [-0.05, 0) is 0 Å². The smallest absolute Gasteiger partial charge is 0.347 e. The first kappa shape index (κ1) is 10.2. The van der Waals surface area contributed by atoms with E-state index < -0.39 is 11.8 Å². The maximum atomic E-state index is 11.1. The molecule has 0 aliphatic rings. The van der Waals surface area contributed by atoms with E-state index in [0.717, 1.165) is 0 Å². The minimum Gasteiger partial charge on any atom is -0.390 e. The number of nitrogens with zero attached hydrogens (tertiary/aromatic N) is 2. The lowest BCUT2D eigenvalue weighted by Gasteiger charge is -2.09. The Balaban J connectivity index is 2.87. The Labute approximate surface area is 79.8 Å². The minimum atomic E-state index is -0.752. The third-order valence-corrected chi connectivity index (χ3v) is 1.70. The maximum absolute atomic E-state index is 11.1. The zero-order valence-corrected chi connectivity index (χ0v) is 7.61. The van der Waals surface area contributed by atoms with E-state index in [1.54, 1.807) is 0 Å². The van der Waals surface area contributed by atoms with Gasteiger partial charge in [-0.3, -0.25) is 4.57 Å². The highest BCUT2D eigenvalue weighted by Gasteiger charge is 2.04. The molecule has 1 heterocycles. The molecule has 1 aromatic rings. The Hall–Kier alpha value is -0.910. The van der Waals surface area contributed by atoms with Crippen molar-refractivity contribution in [3.63, 3.8) is 0 Å². The van der Waals surface area contributed by atoms with Crippen LogP contribution in [-0.2, 0) is 6.54 Å². The van der Waals surface area contributed by atoms with Crippen molar-refractivity contribution >= 4 is 11.6 Å². The lowest BCUT2D eigenvalue weighted by Crippen LogP contribution is -2.31. The van der Waals surface area contributed by atoms with Gasteiger partial charge >= 0.3 is 5.69 Å². The Morgan fingerprint density at radius 3 is 3.08 bits per heavy atom. The lowest BCUT2D eigenvalue weighted by atomic mass is 10.3. The molecular formula is C7H10ClN3O2. The van der Waals surface area contributed by atoms with E-state index in [-0.39, 0.29) is 13.1 Å². The molecule has 0 saturated heterocycles. The Morgan fingerprint density at radius 2 is 2.46 bits per heavy atom. The summed E-state index contributed by atoms with van der Waals surface area (Å²) in [6.45, 7) is 0.210. The molecule has 0 saturated carbocycles. The van der Waals surface area contributed by atoms with Crippen molar-refractivity contribution in [2.24, 2.45) is 5.73 Å². The summed E-state index contributed by atoms with van der Waals surface area (Å²) in [6, 6.07) is 0. The molecule has 0 fully saturated rings. The first-order valence-electron chi connectivity index (χ1n) is 3.73. The van der Waals surface area contributed by atoms with Gasteiger partial charge in [0, 0.05) is 12.7 Å². The second kappa shape index (κ2) is 4.36. The number of rotatable bonds is 3. The van der Waals surface area contributed by atoms with Crippen LogP contribution in [0.15, 0.2) is 17.2 Å². The van der Waals surface area contributed by atoms with Gasteiger partial charge < -0.3 is 10.8 Å². The lowest BCUT2D eigenvalue weighted by molar-refractivity contribution is 0.160. The van der Waals surface area contributed by atoms with Gasteiger partial charge in [0.1, 0.15) is 0 Å². The fourth-order valence-corrected chi connectivity index (χ4v) is 1.03. The van der Waals surface area contributed by atoms with Gasteiger partial charge in [-0.15, -0.1) is 0 Å². The highest BCUT2D eigenvalue weighted by Crippen LogP contribution is 2.01. The molecule has 1 aromatic heterocycles. The van der Waals surface area contributed by atoms with Crippen LogP contribution >= 0.6 is 11.6 Å². The summed E-state index contributed by atoms with van der Waals surface area (Å²) >= 11 is 5.61. The van der Waals surface area contributed by atoms with Crippen LogP contribution in [0.1, 0.15) is 0 Å². The van der Waals surface area contributed by atoms with E-state index in [0.29, 0.717) is 5.02 Å². The molecule has 6 heteroatoms. The molecule has 72 valence electrons. The van der Waals surface area contributed by atoms with Crippen molar-refractivity contribution in [1.29, 1.82) is 0 Å². The molecule has 13 heavy (non-hydrogen) atoms. The summed E-state index contributed by atoms with van der Waals surface area (Å²) in [6.07, 6.45) is 1.92. The fourth-order valence-electron chi connectivity index (χ4n) is 0.861. The Bertz CT molecular complexity index is 339. The van der Waals surface area contributed by atoms with E-state index in [9.17, 15) is 9.90 Å². The van der Waals surface area contributed by atoms with E-state index in [2.05, 4.69) is 4.98 Å². The van der Waals surface area contributed by atoms with E-state index in [1.165, 1.54) is 17.0 Å². The van der Waals surface area contributed by atoms with Crippen LogP contribution in [0.25, 0.3) is 0 Å². The molecular weight excluding hydrogens is 194 g/mol. The largest absolute Gasteiger partial charge is 0.390 e. The molecule has 0 bridgehead atoms. The van der Waals surface area contributed by atoms with Crippen LogP contribution < -0.4 is 11.4 Å². The summed E-state index contributed by atoms with van der Waals surface area (Å²) < 4.78 is 1.22. The molecule has 0 aliphatic carbocycles. The monoisotopic (exact) mass is 203 g/mol. The maximum Gasteiger partial charge on any atom is 0.347 e. The topological polar surface area (TPSA) is 81.1 Å². The van der Waals surface area contributed by atoms with Crippen LogP contribution in [0.3, 0.4) is 0 Å². The average molecular weight is 204 g/mol. The van der Waals surface area contributed by atoms with Gasteiger partial charge in [-0.1, -0.05) is 11.6 Å². The van der Waals surface area contributed by atoms with Gasteiger partial charge in [0.15, 0.2) is 0 Å². The Morgan fingerprint density at radius 1 is 1.77 bits per heavy atom. The summed E-state index contributed by atoms with van der Waals surface area (Å²) in [4.78, 5) is 14.6. The molecule has 0 spiro atoms. The van der Waals surface area contributed by atoms with Crippen molar-refractivity contribution in [1.82, 2.24) is 9.55 Å². The SMILES string of the molecule is NCC(O)Cn1cc(Cl)cnc1=O. The number of halogens is 1. The molecule has 0 aliphatic heterocycles. The van der Waals surface area contributed by atoms with Crippen molar-refractivity contribution in [3.05, 3.63) is 27.9 Å². The van der Waals surface area contributed by atoms with Crippen molar-refractivity contribution in [2.45, 2.75) is 12.6 Å². The fraction of sp³-hybridized carbons (Fsp3) is 0.429. The van der Waals surface area contributed by atoms with Crippen molar-refractivity contribution in [2.75, 3.05) is 6.54 Å². The number of hydrogen-bond donors (Lipinski definition) is 2. The quantitative estimate of drug-likeness (QED) is 0.675. The van der Waals surface area contributed by atoms with Crippen LogP contribution in [-0.4, -0.2) is 27.3 Å². The average Bonchev–Trinajstić information content (AvgIpc) is 2.11. The second-order valence-corrected chi connectivity index (χ2v) is 3.03. The summed E-state index contributed by atoms with van der Waals surface area (Å²) in [5.74, 6) is 0. The summed E-state index contributed by atoms with van der Waals surface area (Å²) in [7, 11) is 0. The number of nitrogens with two attached hydrogens (primary N) is 1. The molecule has 0 aromatic carbocycles. The van der Waals surface area contributed by atoms with Crippen LogP contribution in [0.5, 0.6) is 0 Å². The molecule has 1 atom stereocenters. The van der Waals surface area contributed by atoms with Crippen LogP contribution in [0, 0.1) is 0 Å². The zero-order valence-electron chi connectivity index (χ0n) is 6.85. The molecule has 1 unspecified atom stereocenters. The first-order valence-corrected chi connectivity index (χ1v) is 4.11. The summed E-state index contributed by atoms with van der Waals surface area (Å²) in [5, 5.41) is 9.52. The third-order valence-electron chi connectivity index (χ3n) is 1.50. The van der Waals surface area contributed by atoms with E-state index in [1.807, 2.05) is 0 Å². The molecule has 3 N–H and O–H groups in total. The molecule has 0 radical (unpaired) electrons. The van der Waals surface area contributed by atoms with Gasteiger partial charge in [0.05, 0.1) is 23.9 Å². The second-order valence-electron chi connectivity index (χ2n) is 2.60. The third kappa shape index (κ3) is 2.80. The standard InChI is InChI=1S/C7H10ClN3O2/c8-5-2-10-7(13)11(3-5)4-6(12)1-9/h2-3,6,12H,1,4,9H2. The minimum absolute atomic E-state index is 0.0962. The van der Waals surface area contributed by atoms with Gasteiger partial charge in [-0.2, -0.15) is 0 Å². The first-order chi connectivity index (χ1) is 6.13. The summed E-state index contributed by atoms with van der Waals surface area (Å²) in [5.41, 5.74) is 4.74. The normalized spacial score (nSPS) is 12.8. The Kier molecular flexibility index (Phi) is 3.41. The number of aliphatic hydroxyl groups excluding tert-OH is 1. The predicted octanol–water partition coefficient (Wildman–Crippen LogP) is -0.784. The molecule has 5 nitrogen and oxygen atoms in total. The van der Waals surface area contributed by atoms with Crippen LogP contribution in [0.4, 0.5) is 0 Å². The van der Waals surface area contributed by atoms with Crippen molar-refractivity contribution < 1.29 is 5.11 Å². The van der Waals surface area contributed by atoms with E-state index in [4.69, 9.17) is 17.3 Å². The molecule has 1 rings (SSSR count).